The number of ether oxygens (including phenoxy) is 1. The van der Waals surface area contributed by atoms with Crippen LogP contribution >= 0.6 is 0 Å². The summed E-state index contributed by atoms with van der Waals surface area (Å²) in [6.45, 7) is 6.33. The predicted molar refractivity (Wildman–Crippen MR) is 85.8 cm³/mol. The van der Waals surface area contributed by atoms with Crippen LogP contribution in [0.25, 0.3) is 10.9 Å². The molecule has 1 atom stereocenters. The minimum Gasteiger partial charge on any atom is -0.368 e. The van der Waals surface area contributed by atoms with Gasteiger partial charge in [-0.3, -0.25) is 10.00 Å². The van der Waals surface area contributed by atoms with Crippen LogP contribution in [0.3, 0.4) is 0 Å². The molecule has 4 rings (SSSR count). The number of H-pyrrole nitrogens is 1. The predicted octanol–water partition coefficient (Wildman–Crippen LogP) is 1.75. The van der Waals surface area contributed by atoms with Crippen molar-refractivity contribution in [3.63, 3.8) is 0 Å². The minimum absolute atomic E-state index is 0.0120. The molecule has 7 heteroatoms. The molecule has 1 aliphatic heterocycles. The molecule has 1 saturated heterocycles. The van der Waals surface area contributed by atoms with E-state index in [-0.39, 0.29) is 6.10 Å². The smallest absolute Gasteiger partial charge is 0.163 e. The lowest BCUT2D eigenvalue weighted by atomic mass is 10.1. The van der Waals surface area contributed by atoms with Crippen molar-refractivity contribution < 1.29 is 4.74 Å². The first-order valence-electron chi connectivity index (χ1n) is 7.97. The quantitative estimate of drug-likeness (QED) is 0.794. The summed E-state index contributed by atoms with van der Waals surface area (Å²) in [6.07, 6.45) is 3.60. The number of aromatic nitrogens is 5. The van der Waals surface area contributed by atoms with Gasteiger partial charge in [0.05, 0.1) is 18.3 Å². The van der Waals surface area contributed by atoms with Crippen LogP contribution in [0.5, 0.6) is 0 Å². The van der Waals surface area contributed by atoms with Gasteiger partial charge in [-0.15, -0.1) is 10.2 Å². The Bertz CT molecular complexity index is 795. The third-order valence-electron chi connectivity index (χ3n) is 4.34. The summed E-state index contributed by atoms with van der Waals surface area (Å²) in [5.41, 5.74) is 2.36. The Morgan fingerprint density at radius 2 is 2.35 bits per heavy atom. The zero-order valence-electron chi connectivity index (χ0n) is 13.1. The SMILES string of the molecule is CCn1cnnc1[C@@H]1CN(Cc2ccc3cn[nH]c3c2)CCO1. The molecule has 3 heterocycles. The fourth-order valence-electron chi connectivity index (χ4n) is 3.10. The van der Waals surface area contributed by atoms with E-state index in [1.54, 1.807) is 6.33 Å². The van der Waals surface area contributed by atoms with Gasteiger partial charge >= 0.3 is 0 Å². The van der Waals surface area contributed by atoms with Crippen LogP contribution in [-0.4, -0.2) is 49.6 Å². The van der Waals surface area contributed by atoms with Crippen molar-refractivity contribution in [2.24, 2.45) is 0 Å². The molecule has 1 aliphatic rings. The maximum absolute atomic E-state index is 5.91. The Hall–Kier alpha value is -2.25. The van der Waals surface area contributed by atoms with E-state index in [9.17, 15) is 0 Å². The van der Waals surface area contributed by atoms with Gasteiger partial charge in [-0.25, -0.2) is 0 Å². The monoisotopic (exact) mass is 312 g/mol. The van der Waals surface area contributed by atoms with Crippen molar-refractivity contribution in [1.82, 2.24) is 29.9 Å². The molecule has 3 aromatic rings. The first kappa shape index (κ1) is 14.3. The second-order valence-corrected chi connectivity index (χ2v) is 5.86. The average Bonchev–Trinajstić information content (AvgIpc) is 3.23. The van der Waals surface area contributed by atoms with Crippen LogP contribution in [0.15, 0.2) is 30.7 Å². The Balaban J connectivity index is 1.48. The molecule has 0 amide bonds. The fourth-order valence-corrected chi connectivity index (χ4v) is 3.10. The van der Waals surface area contributed by atoms with Crippen LogP contribution < -0.4 is 0 Å². The summed E-state index contributed by atoms with van der Waals surface area (Å²) in [5.74, 6) is 0.918. The second-order valence-electron chi connectivity index (χ2n) is 5.86. The highest BCUT2D eigenvalue weighted by Crippen LogP contribution is 2.22. The zero-order valence-corrected chi connectivity index (χ0v) is 13.1. The van der Waals surface area contributed by atoms with Gasteiger partial charge in [0.15, 0.2) is 5.82 Å². The summed E-state index contributed by atoms with van der Waals surface area (Å²) < 4.78 is 7.96. The Kier molecular flexibility index (Phi) is 3.80. The lowest BCUT2D eigenvalue weighted by molar-refractivity contribution is -0.0388. The number of hydrogen-bond donors (Lipinski definition) is 1. The van der Waals surface area contributed by atoms with Crippen LogP contribution in [-0.2, 0) is 17.8 Å². The maximum Gasteiger partial charge on any atom is 0.163 e. The normalized spacial score (nSPS) is 19.4. The number of aromatic amines is 1. The summed E-state index contributed by atoms with van der Waals surface area (Å²) in [5, 5.41) is 16.5. The first-order chi connectivity index (χ1) is 11.3. The summed E-state index contributed by atoms with van der Waals surface area (Å²) >= 11 is 0. The number of rotatable bonds is 4. The van der Waals surface area contributed by atoms with E-state index in [2.05, 4.69) is 50.4 Å². The van der Waals surface area contributed by atoms with Gasteiger partial charge in [0.2, 0.25) is 0 Å². The second kappa shape index (κ2) is 6.10. The molecule has 0 unspecified atom stereocenters. The van der Waals surface area contributed by atoms with Crippen molar-refractivity contribution >= 4 is 10.9 Å². The van der Waals surface area contributed by atoms with Crippen LogP contribution in [0.4, 0.5) is 0 Å². The summed E-state index contributed by atoms with van der Waals surface area (Å²) in [7, 11) is 0. The third-order valence-corrected chi connectivity index (χ3v) is 4.34. The summed E-state index contributed by atoms with van der Waals surface area (Å²) in [6, 6.07) is 6.44. The standard InChI is InChI=1S/C16H20N6O/c1-2-22-11-18-20-16(22)15-10-21(5-6-23-15)9-12-3-4-13-8-17-19-14(13)7-12/h3-4,7-8,11,15H,2,5-6,9-10H2,1H3,(H,17,19)/t15-/m0/s1. The van der Waals surface area contributed by atoms with E-state index in [0.29, 0.717) is 6.61 Å². The van der Waals surface area contributed by atoms with Crippen molar-refractivity contribution in [2.45, 2.75) is 26.1 Å². The molecule has 1 N–H and O–H groups in total. The number of hydrogen-bond acceptors (Lipinski definition) is 5. The van der Waals surface area contributed by atoms with Gasteiger partial charge in [0, 0.05) is 31.6 Å². The van der Waals surface area contributed by atoms with Crippen molar-refractivity contribution in [3.05, 3.63) is 42.1 Å². The van der Waals surface area contributed by atoms with E-state index in [1.165, 1.54) is 5.56 Å². The van der Waals surface area contributed by atoms with Crippen LogP contribution in [0, 0.1) is 0 Å². The average molecular weight is 312 g/mol. The van der Waals surface area contributed by atoms with E-state index in [1.807, 2.05) is 10.8 Å². The number of nitrogens with one attached hydrogen (secondary N) is 1. The molecule has 2 aromatic heterocycles. The van der Waals surface area contributed by atoms with Gasteiger partial charge in [0.25, 0.3) is 0 Å². The van der Waals surface area contributed by atoms with Crippen molar-refractivity contribution in [2.75, 3.05) is 19.7 Å². The van der Waals surface area contributed by atoms with E-state index < -0.39 is 0 Å². The molecule has 7 nitrogen and oxygen atoms in total. The highest BCUT2D eigenvalue weighted by molar-refractivity contribution is 5.78. The molecule has 23 heavy (non-hydrogen) atoms. The maximum atomic E-state index is 5.91. The first-order valence-corrected chi connectivity index (χ1v) is 7.97. The Labute approximate surface area is 134 Å². The third kappa shape index (κ3) is 2.85. The van der Waals surface area contributed by atoms with Gasteiger partial charge in [-0.2, -0.15) is 5.10 Å². The molecule has 0 aliphatic carbocycles. The molecule has 120 valence electrons. The lowest BCUT2D eigenvalue weighted by Gasteiger charge is -2.32. The molecule has 0 bridgehead atoms. The van der Waals surface area contributed by atoms with E-state index >= 15 is 0 Å². The van der Waals surface area contributed by atoms with Crippen LogP contribution in [0.1, 0.15) is 24.4 Å². The molecule has 1 fully saturated rings. The Morgan fingerprint density at radius 1 is 1.39 bits per heavy atom. The molecule has 0 radical (unpaired) electrons. The number of morpholine rings is 1. The fraction of sp³-hybridized carbons (Fsp3) is 0.438. The number of benzene rings is 1. The number of fused-ring (bicyclic) bond motifs is 1. The van der Waals surface area contributed by atoms with Gasteiger partial charge < -0.3 is 9.30 Å². The zero-order chi connectivity index (χ0) is 15.6. The van der Waals surface area contributed by atoms with Gasteiger partial charge in [0.1, 0.15) is 12.4 Å². The largest absolute Gasteiger partial charge is 0.368 e. The van der Waals surface area contributed by atoms with Crippen molar-refractivity contribution in [3.8, 4) is 0 Å². The highest BCUT2D eigenvalue weighted by Gasteiger charge is 2.25. The highest BCUT2D eigenvalue weighted by atomic mass is 16.5. The van der Waals surface area contributed by atoms with Gasteiger partial charge in [-0.05, 0) is 18.6 Å². The number of nitrogens with zero attached hydrogens (tertiary/aromatic N) is 5. The van der Waals surface area contributed by atoms with E-state index in [4.69, 9.17) is 4.74 Å². The molecular weight excluding hydrogens is 292 g/mol. The molecular formula is C16H20N6O. The lowest BCUT2D eigenvalue weighted by Crippen LogP contribution is -2.38. The van der Waals surface area contributed by atoms with Crippen LogP contribution in [0.2, 0.25) is 0 Å². The van der Waals surface area contributed by atoms with E-state index in [0.717, 1.165) is 42.9 Å². The van der Waals surface area contributed by atoms with Gasteiger partial charge in [-0.1, -0.05) is 12.1 Å². The molecule has 0 saturated carbocycles. The topological polar surface area (TPSA) is 71.9 Å². The minimum atomic E-state index is -0.0120. The van der Waals surface area contributed by atoms with Crippen molar-refractivity contribution in [1.29, 1.82) is 0 Å². The Morgan fingerprint density at radius 3 is 3.26 bits per heavy atom. The number of aryl methyl sites for hydroxylation is 1. The summed E-state index contributed by atoms with van der Waals surface area (Å²) in [4.78, 5) is 2.40. The molecule has 0 spiro atoms. The molecule has 1 aromatic carbocycles.